The Morgan fingerprint density at radius 1 is 1.27 bits per heavy atom. The van der Waals surface area contributed by atoms with E-state index in [0.717, 1.165) is 9.87 Å². The minimum atomic E-state index is -4.00. The lowest BCUT2D eigenvalue weighted by atomic mass is 9.72. The smallest absolute Gasteiger partial charge is 0.264 e. The summed E-state index contributed by atoms with van der Waals surface area (Å²) in [6.45, 7) is 5.80. The summed E-state index contributed by atoms with van der Waals surface area (Å²) in [7, 11) is -4.00. The molecular formula is C21H29N3O5S. The highest BCUT2D eigenvalue weighted by Crippen LogP contribution is 2.35. The number of hydrogen-bond donors (Lipinski definition) is 3. The number of benzene rings is 1. The first-order valence-corrected chi connectivity index (χ1v) is 11.5. The molecule has 3 N–H and O–H groups in total. The van der Waals surface area contributed by atoms with Crippen LogP contribution in [0.5, 0.6) is 0 Å². The van der Waals surface area contributed by atoms with E-state index in [4.69, 9.17) is 0 Å². The first-order chi connectivity index (χ1) is 14.0. The van der Waals surface area contributed by atoms with Gasteiger partial charge in [0.25, 0.3) is 10.0 Å². The number of hydrogen-bond acceptors (Lipinski definition) is 5. The van der Waals surface area contributed by atoms with Crippen molar-refractivity contribution >= 4 is 21.8 Å². The molecule has 0 radical (unpaired) electrons. The van der Waals surface area contributed by atoms with Crippen molar-refractivity contribution in [1.29, 1.82) is 0 Å². The zero-order valence-corrected chi connectivity index (χ0v) is 18.3. The number of sulfonamides is 1. The standard InChI is InChI=1S/C21H29N3O5S/c1-14-4-7-16(8-5-14)30(28,29)24-11-10-22-20(27)17(24)12-19(26)23-18-9-6-15(25)13-21(18,2)3/h4-5,7-8,10-11,15,17-18,25H,6,9,12-13H2,1-3H3,(H,22,27)(H,23,26)/t15-,17-,18?/m1/s1. The van der Waals surface area contributed by atoms with Crippen LogP contribution in [0.15, 0.2) is 41.6 Å². The van der Waals surface area contributed by atoms with Gasteiger partial charge in [-0.1, -0.05) is 31.5 Å². The maximum atomic E-state index is 13.1. The van der Waals surface area contributed by atoms with Gasteiger partial charge in [-0.25, -0.2) is 8.42 Å². The molecule has 1 unspecified atom stereocenters. The van der Waals surface area contributed by atoms with Crippen LogP contribution in [0.1, 0.15) is 45.1 Å². The lowest BCUT2D eigenvalue weighted by molar-refractivity contribution is -0.130. The molecule has 0 saturated heterocycles. The van der Waals surface area contributed by atoms with E-state index < -0.39 is 34.0 Å². The molecule has 9 heteroatoms. The van der Waals surface area contributed by atoms with Crippen LogP contribution in [0.3, 0.4) is 0 Å². The second-order valence-electron chi connectivity index (χ2n) is 8.74. The number of carbonyl (C=O) groups excluding carboxylic acids is 2. The van der Waals surface area contributed by atoms with Gasteiger partial charge in [-0.15, -0.1) is 0 Å². The second kappa shape index (κ2) is 8.39. The summed E-state index contributed by atoms with van der Waals surface area (Å²) in [5, 5.41) is 15.3. The van der Waals surface area contributed by atoms with Crippen molar-refractivity contribution in [1.82, 2.24) is 14.9 Å². The van der Waals surface area contributed by atoms with Gasteiger partial charge in [0.2, 0.25) is 11.8 Å². The summed E-state index contributed by atoms with van der Waals surface area (Å²) >= 11 is 0. The van der Waals surface area contributed by atoms with E-state index >= 15 is 0 Å². The molecule has 1 aliphatic heterocycles. The van der Waals surface area contributed by atoms with Crippen molar-refractivity contribution in [2.45, 2.75) is 69.5 Å². The Morgan fingerprint density at radius 2 is 1.93 bits per heavy atom. The molecule has 2 aliphatic rings. The fourth-order valence-electron chi connectivity index (χ4n) is 4.07. The first kappa shape index (κ1) is 22.3. The molecule has 1 aromatic rings. The van der Waals surface area contributed by atoms with Gasteiger partial charge in [-0.05, 0) is 43.7 Å². The molecule has 0 bridgehead atoms. The number of aliphatic hydroxyl groups excluding tert-OH is 1. The largest absolute Gasteiger partial charge is 0.393 e. The van der Waals surface area contributed by atoms with Crippen molar-refractivity contribution in [3.63, 3.8) is 0 Å². The van der Waals surface area contributed by atoms with Crippen molar-refractivity contribution in [2.75, 3.05) is 0 Å². The molecule has 30 heavy (non-hydrogen) atoms. The van der Waals surface area contributed by atoms with E-state index in [1.165, 1.54) is 24.5 Å². The van der Waals surface area contributed by atoms with E-state index in [1.54, 1.807) is 12.1 Å². The SMILES string of the molecule is Cc1ccc(S(=O)(=O)N2C=CNC(=O)[C@H]2CC(=O)NC2CC[C@@H](O)CC2(C)C)cc1. The summed E-state index contributed by atoms with van der Waals surface area (Å²) in [5.74, 6) is -0.953. The average Bonchev–Trinajstić information content (AvgIpc) is 2.65. The quantitative estimate of drug-likeness (QED) is 0.647. The van der Waals surface area contributed by atoms with Crippen LogP contribution >= 0.6 is 0 Å². The topological polar surface area (TPSA) is 116 Å². The number of nitrogens with one attached hydrogen (secondary N) is 2. The van der Waals surface area contributed by atoms with Crippen molar-refractivity contribution in [3.05, 3.63) is 42.2 Å². The van der Waals surface area contributed by atoms with Crippen molar-refractivity contribution in [2.24, 2.45) is 5.41 Å². The van der Waals surface area contributed by atoms with Gasteiger partial charge in [0.1, 0.15) is 6.04 Å². The molecular weight excluding hydrogens is 406 g/mol. The third-order valence-electron chi connectivity index (χ3n) is 5.86. The molecule has 2 amide bonds. The fraction of sp³-hybridized carbons (Fsp3) is 0.524. The number of rotatable bonds is 5. The van der Waals surface area contributed by atoms with Gasteiger partial charge < -0.3 is 15.7 Å². The van der Waals surface area contributed by atoms with Gasteiger partial charge in [-0.2, -0.15) is 0 Å². The monoisotopic (exact) mass is 435 g/mol. The fourth-order valence-corrected chi connectivity index (χ4v) is 5.52. The van der Waals surface area contributed by atoms with E-state index in [0.29, 0.717) is 19.3 Å². The number of carbonyl (C=O) groups is 2. The van der Waals surface area contributed by atoms with Gasteiger partial charge >= 0.3 is 0 Å². The molecule has 0 aromatic heterocycles. The summed E-state index contributed by atoms with van der Waals surface area (Å²) in [4.78, 5) is 25.3. The zero-order chi connectivity index (χ0) is 22.1. The van der Waals surface area contributed by atoms with E-state index in [-0.39, 0.29) is 22.8 Å². The maximum Gasteiger partial charge on any atom is 0.264 e. The van der Waals surface area contributed by atoms with Crippen LogP contribution < -0.4 is 10.6 Å². The Labute approximate surface area is 177 Å². The molecule has 164 valence electrons. The number of nitrogens with zero attached hydrogens (tertiary/aromatic N) is 1. The molecule has 3 atom stereocenters. The van der Waals surface area contributed by atoms with Gasteiger partial charge in [0, 0.05) is 18.4 Å². The number of aryl methyl sites for hydroxylation is 1. The van der Waals surface area contributed by atoms with E-state index in [9.17, 15) is 23.1 Å². The predicted octanol–water partition coefficient (Wildman–Crippen LogP) is 1.40. The highest BCUT2D eigenvalue weighted by Gasteiger charge is 2.40. The third-order valence-corrected chi connectivity index (χ3v) is 7.66. The zero-order valence-electron chi connectivity index (χ0n) is 17.5. The average molecular weight is 436 g/mol. The molecule has 8 nitrogen and oxygen atoms in total. The Kier molecular flexibility index (Phi) is 6.24. The number of aliphatic hydroxyl groups is 1. The van der Waals surface area contributed by atoms with Gasteiger partial charge in [0.15, 0.2) is 0 Å². The Balaban J connectivity index is 1.77. The van der Waals surface area contributed by atoms with Crippen LogP contribution in [0.2, 0.25) is 0 Å². The Bertz CT molecular complexity index is 940. The predicted molar refractivity (Wildman–Crippen MR) is 111 cm³/mol. The first-order valence-electron chi connectivity index (χ1n) is 10.1. The lowest BCUT2D eigenvalue weighted by Crippen LogP contribution is -2.54. The van der Waals surface area contributed by atoms with E-state index in [2.05, 4.69) is 10.6 Å². The van der Waals surface area contributed by atoms with Gasteiger partial charge in [-0.3, -0.25) is 13.9 Å². The molecule has 1 aromatic carbocycles. The Hall–Kier alpha value is -2.39. The van der Waals surface area contributed by atoms with E-state index in [1.807, 2.05) is 20.8 Å². The molecule has 1 fully saturated rings. The van der Waals surface area contributed by atoms with Crippen LogP contribution in [0, 0.1) is 12.3 Å². The van der Waals surface area contributed by atoms with Crippen molar-refractivity contribution < 1.29 is 23.1 Å². The lowest BCUT2D eigenvalue weighted by Gasteiger charge is -2.41. The van der Waals surface area contributed by atoms with Crippen LogP contribution in [0.25, 0.3) is 0 Å². The molecule has 1 heterocycles. The summed E-state index contributed by atoms with van der Waals surface area (Å²) in [6.07, 6.45) is 3.63. The molecule has 3 rings (SSSR count). The molecule has 1 saturated carbocycles. The summed E-state index contributed by atoms with van der Waals surface area (Å²) in [5.41, 5.74) is 0.618. The van der Waals surface area contributed by atoms with Crippen molar-refractivity contribution in [3.8, 4) is 0 Å². The number of amides is 2. The van der Waals surface area contributed by atoms with Gasteiger partial charge in [0.05, 0.1) is 17.4 Å². The second-order valence-corrected chi connectivity index (χ2v) is 10.6. The molecule has 1 aliphatic carbocycles. The third kappa shape index (κ3) is 4.67. The highest BCUT2D eigenvalue weighted by molar-refractivity contribution is 7.89. The normalized spacial score (nSPS) is 26.2. The Morgan fingerprint density at radius 3 is 2.57 bits per heavy atom. The minimum absolute atomic E-state index is 0.0558. The maximum absolute atomic E-state index is 13.1. The summed E-state index contributed by atoms with van der Waals surface area (Å²) < 4.78 is 27.2. The molecule has 0 spiro atoms. The minimum Gasteiger partial charge on any atom is -0.393 e. The van der Waals surface area contributed by atoms with Crippen LogP contribution in [-0.2, 0) is 19.6 Å². The van der Waals surface area contributed by atoms with Crippen LogP contribution in [-0.4, -0.2) is 47.8 Å². The highest BCUT2D eigenvalue weighted by atomic mass is 32.2. The van der Waals surface area contributed by atoms with Crippen LogP contribution in [0.4, 0.5) is 0 Å². The summed E-state index contributed by atoms with van der Waals surface area (Å²) in [6, 6.07) is 5.00.